The minimum Gasteiger partial charge on any atom is -0.349 e. The Morgan fingerprint density at radius 2 is 1.74 bits per heavy atom. The van der Waals surface area contributed by atoms with E-state index in [2.05, 4.69) is 62.5 Å². The lowest BCUT2D eigenvalue weighted by molar-refractivity contribution is -0.119. The molecule has 0 radical (unpaired) electrons. The Hall–Kier alpha value is -1.74. The van der Waals surface area contributed by atoms with Crippen LogP contribution in [0.1, 0.15) is 65.6 Å². The zero-order chi connectivity index (χ0) is 19.2. The fourth-order valence-electron chi connectivity index (χ4n) is 4.04. The standard InChI is InChI=1S/C24H31NOS/c1-4-23(22-10-9-20-7-5-6-8-21(20)14-22)25-24(26)16-27-15-19-12-17(2)11-18(3)13-19/h9-14,23H,4-8,15-16H2,1-3H3,(H,25,26). The highest BCUT2D eigenvalue weighted by molar-refractivity contribution is 7.99. The van der Waals surface area contributed by atoms with Crippen LogP contribution in [0, 0.1) is 13.8 Å². The molecule has 3 rings (SSSR count). The number of fused-ring (bicyclic) bond motifs is 1. The summed E-state index contributed by atoms with van der Waals surface area (Å²) in [5.41, 5.74) is 8.10. The van der Waals surface area contributed by atoms with Gasteiger partial charge in [-0.2, -0.15) is 0 Å². The van der Waals surface area contributed by atoms with E-state index in [9.17, 15) is 4.79 Å². The van der Waals surface area contributed by atoms with Gasteiger partial charge in [0, 0.05) is 5.75 Å². The lowest BCUT2D eigenvalue weighted by Gasteiger charge is -2.21. The lowest BCUT2D eigenvalue weighted by atomic mass is 9.89. The zero-order valence-electron chi connectivity index (χ0n) is 16.8. The van der Waals surface area contributed by atoms with Gasteiger partial charge in [0.25, 0.3) is 0 Å². The highest BCUT2D eigenvalue weighted by atomic mass is 32.2. The molecule has 0 aliphatic heterocycles. The summed E-state index contributed by atoms with van der Waals surface area (Å²) in [4.78, 5) is 12.5. The predicted octanol–water partition coefficient (Wildman–Crippen LogP) is 5.68. The first-order valence-corrected chi connectivity index (χ1v) is 11.3. The molecule has 27 heavy (non-hydrogen) atoms. The quantitative estimate of drug-likeness (QED) is 0.668. The first-order valence-electron chi connectivity index (χ1n) is 10.1. The molecule has 0 aromatic heterocycles. The number of benzene rings is 2. The van der Waals surface area contributed by atoms with E-state index in [0.717, 1.165) is 12.2 Å². The molecule has 1 aliphatic carbocycles. The molecule has 0 saturated heterocycles. The molecule has 2 nitrogen and oxygen atoms in total. The second kappa shape index (κ2) is 9.45. The fraction of sp³-hybridized carbons (Fsp3) is 0.458. The monoisotopic (exact) mass is 381 g/mol. The molecule has 1 atom stereocenters. The van der Waals surface area contributed by atoms with Crippen LogP contribution in [0.15, 0.2) is 36.4 Å². The average molecular weight is 382 g/mol. The van der Waals surface area contributed by atoms with Crippen molar-refractivity contribution in [3.8, 4) is 0 Å². The first-order chi connectivity index (χ1) is 13.0. The van der Waals surface area contributed by atoms with Crippen LogP contribution in [-0.4, -0.2) is 11.7 Å². The highest BCUT2D eigenvalue weighted by Crippen LogP contribution is 2.26. The van der Waals surface area contributed by atoms with Gasteiger partial charge in [0.15, 0.2) is 0 Å². The Morgan fingerprint density at radius 1 is 1.04 bits per heavy atom. The van der Waals surface area contributed by atoms with Crippen LogP contribution in [0.3, 0.4) is 0 Å². The number of thioether (sulfide) groups is 1. The molecule has 0 spiro atoms. The Morgan fingerprint density at radius 3 is 2.44 bits per heavy atom. The molecule has 2 aromatic carbocycles. The summed E-state index contributed by atoms with van der Waals surface area (Å²) in [6.45, 7) is 6.39. The van der Waals surface area contributed by atoms with Gasteiger partial charge in [-0.25, -0.2) is 0 Å². The minimum absolute atomic E-state index is 0.117. The van der Waals surface area contributed by atoms with E-state index in [-0.39, 0.29) is 11.9 Å². The van der Waals surface area contributed by atoms with Crippen molar-refractivity contribution in [2.45, 2.75) is 64.7 Å². The third-order valence-electron chi connectivity index (χ3n) is 5.30. The van der Waals surface area contributed by atoms with Crippen LogP contribution in [0.2, 0.25) is 0 Å². The van der Waals surface area contributed by atoms with Crippen molar-refractivity contribution < 1.29 is 4.79 Å². The van der Waals surface area contributed by atoms with Gasteiger partial charge >= 0.3 is 0 Å². The molecule has 2 aromatic rings. The number of nitrogens with one attached hydrogen (secondary N) is 1. The second-order valence-electron chi connectivity index (χ2n) is 7.75. The summed E-state index contributed by atoms with van der Waals surface area (Å²) in [6.07, 6.45) is 5.89. The molecule has 3 heteroatoms. The molecule has 0 fully saturated rings. The van der Waals surface area contributed by atoms with E-state index in [1.807, 2.05) is 0 Å². The summed E-state index contributed by atoms with van der Waals surface area (Å²) in [6, 6.07) is 13.5. The van der Waals surface area contributed by atoms with Gasteiger partial charge in [0.05, 0.1) is 11.8 Å². The lowest BCUT2D eigenvalue weighted by Crippen LogP contribution is -2.29. The Kier molecular flexibility index (Phi) is 7.01. The third kappa shape index (κ3) is 5.62. The number of aryl methyl sites for hydroxylation is 4. The Bertz CT molecular complexity index is 779. The van der Waals surface area contributed by atoms with Gasteiger partial charge in [-0.05, 0) is 68.2 Å². The molecule has 0 heterocycles. The molecular weight excluding hydrogens is 350 g/mol. The van der Waals surface area contributed by atoms with Gasteiger partial charge in [-0.1, -0.05) is 54.4 Å². The van der Waals surface area contributed by atoms with Gasteiger partial charge < -0.3 is 5.32 Å². The van der Waals surface area contributed by atoms with Gasteiger partial charge in [0.1, 0.15) is 0 Å². The van der Waals surface area contributed by atoms with Gasteiger partial charge in [0.2, 0.25) is 5.91 Å². The molecule has 0 saturated carbocycles. The van der Waals surface area contributed by atoms with Gasteiger partial charge in [-0.15, -0.1) is 11.8 Å². The van der Waals surface area contributed by atoms with E-state index in [1.165, 1.54) is 59.1 Å². The number of carbonyl (C=O) groups is 1. The Balaban J connectivity index is 1.54. The summed E-state index contributed by atoms with van der Waals surface area (Å²) in [5, 5.41) is 3.24. The molecule has 0 bridgehead atoms. The smallest absolute Gasteiger partial charge is 0.230 e. The second-order valence-corrected chi connectivity index (χ2v) is 8.74. The van der Waals surface area contributed by atoms with Crippen LogP contribution in [0.25, 0.3) is 0 Å². The summed E-state index contributed by atoms with van der Waals surface area (Å²) < 4.78 is 0. The summed E-state index contributed by atoms with van der Waals surface area (Å²) >= 11 is 1.69. The SMILES string of the molecule is CCC(NC(=O)CSCc1cc(C)cc(C)c1)c1ccc2c(c1)CCCC2. The largest absolute Gasteiger partial charge is 0.349 e. The van der Waals surface area contributed by atoms with E-state index < -0.39 is 0 Å². The van der Waals surface area contributed by atoms with Crippen molar-refractivity contribution in [2.75, 3.05) is 5.75 Å². The van der Waals surface area contributed by atoms with Gasteiger partial charge in [-0.3, -0.25) is 4.79 Å². The molecule has 1 amide bonds. The maximum absolute atomic E-state index is 12.5. The minimum atomic E-state index is 0.117. The van der Waals surface area contributed by atoms with Crippen molar-refractivity contribution >= 4 is 17.7 Å². The molecule has 1 unspecified atom stereocenters. The van der Waals surface area contributed by atoms with Crippen LogP contribution in [0.5, 0.6) is 0 Å². The van der Waals surface area contributed by atoms with E-state index >= 15 is 0 Å². The predicted molar refractivity (Wildman–Crippen MR) is 116 cm³/mol. The zero-order valence-corrected chi connectivity index (χ0v) is 17.6. The van der Waals surface area contributed by atoms with Crippen LogP contribution in [-0.2, 0) is 23.4 Å². The summed E-state index contributed by atoms with van der Waals surface area (Å²) in [7, 11) is 0. The number of amides is 1. The topological polar surface area (TPSA) is 29.1 Å². The van der Waals surface area contributed by atoms with Crippen molar-refractivity contribution in [2.24, 2.45) is 0 Å². The maximum Gasteiger partial charge on any atom is 0.230 e. The first kappa shape index (κ1) is 20.0. The van der Waals surface area contributed by atoms with Crippen molar-refractivity contribution in [3.63, 3.8) is 0 Å². The van der Waals surface area contributed by atoms with E-state index in [1.54, 1.807) is 11.8 Å². The molecule has 144 valence electrons. The van der Waals surface area contributed by atoms with Crippen molar-refractivity contribution in [1.29, 1.82) is 0 Å². The average Bonchev–Trinajstić information content (AvgIpc) is 2.65. The van der Waals surface area contributed by atoms with Crippen molar-refractivity contribution in [1.82, 2.24) is 5.32 Å². The highest BCUT2D eigenvalue weighted by Gasteiger charge is 2.16. The molecular formula is C24H31NOS. The Labute approximate surface area is 168 Å². The van der Waals surface area contributed by atoms with E-state index in [4.69, 9.17) is 0 Å². The maximum atomic E-state index is 12.5. The van der Waals surface area contributed by atoms with Crippen LogP contribution < -0.4 is 5.32 Å². The number of carbonyl (C=O) groups excluding carboxylic acids is 1. The molecule has 1 aliphatic rings. The van der Waals surface area contributed by atoms with E-state index in [0.29, 0.717) is 5.75 Å². The third-order valence-corrected chi connectivity index (χ3v) is 6.31. The van der Waals surface area contributed by atoms with Crippen molar-refractivity contribution in [3.05, 3.63) is 69.8 Å². The number of rotatable bonds is 7. The molecule has 1 N–H and O–H groups in total. The van der Waals surface area contributed by atoms with Crippen LogP contribution >= 0.6 is 11.8 Å². The fourth-order valence-corrected chi connectivity index (χ4v) is 4.81. The summed E-state index contributed by atoms with van der Waals surface area (Å²) in [5.74, 6) is 1.52. The number of hydrogen-bond donors (Lipinski definition) is 1. The normalized spacial score (nSPS) is 14.5. The van der Waals surface area contributed by atoms with Crippen LogP contribution in [0.4, 0.5) is 0 Å². The number of hydrogen-bond acceptors (Lipinski definition) is 2.